The Labute approximate surface area is 186 Å². The minimum atomic E-state index is -0.619. The van der Waals surface area contributed by atoms with Gasteiger partial charge >= 0.3 is 6.03 Å². The number of hydrogen-bond acceptors (Lipinski definition) is 4. The lowest BCUT2D eigenvalue weighted by molar-refractivity contribution is -0.140. The largest absolute Gasteiger partial charge is 0.338 e. The molecule has 166 valence electrons. The molecule has 30 heavy (non-hydrogen) atoms. The molecule has 10 heteroatoms. The molecule has 0 aliphatic heterocycles. The number of hydrogen-bond donors (Lipinski definition) is 4. The predicted octanol–water partition coefficient (Wildman–Crippen LogP) is 3.67. The first-order chi connectivity index (χ1) is 14.3. The van der Waals surface area contributed by atoms with Gasteiger partial charge in [-0.3, -0.25) is 14.8 Å². The fraction of sp³-hybridized carbons (Fsp3) is 0.550. The Balaban J connectivity index is 1.82. The summed E-state index contributed by atoms with van der Waals surface area (Å²) in [5.74, 6) is -0.566. The van der Waals surface area contributed by atoms with Crippen molar-refractivity contribution in [2.45, 2.75) is 39.0 Å². The van der Waals surface area contributed by atoms with Crippen LogP contribution >= 0.6 is 23.2 Å². The smallest absolute Gasteiger partial charge is 0.319 e. The second kappa shape index (κ2) is 12.0. The lowest BCUT2D eigenvalue weighted by Crippen LogP contribution is -2.43. The second-order valence-corrected chi connectivity index (χ2v) is 8.57. The number of nitrogens with one attached hydrogen (secondary N) is 3. The van der Waals surface area contributed by atoms with Crippen LogP contribution in [0.1, 0.15) is 39.0 Å². The van der Waals surface area contributed by atoms with E-state index in [-0.39, 0.29) is 31.3 Å². The molecule has 4 amide bonds. The van der Waals surface area contributed by atoms with Gasteiger partial charge in [-0.1, -0.05) is 43.0 Å². The van der Waals surface area contributed by atoms with Crippen LogP contribution in [0.15, 0.2) is 18.2 Å². The summed E-state index contributed by atoms with van der Waals surface area (Å²) in [6.07, 6.45) is 4.51. The molecular formula is C20H28Cl2N4O4. The fourth-order valence-electron chi connectivity index (χ4n) is 3.49. The van der Waals surface area contributed by atoms with Gasteiger partial charge in [0, 0.05) is 24.5 Å². The summed E-state index contributed by atoms with van der Waals surface area (Å²) in [7, 11) is 0. The number of nitrogens with zero attached hydrogens (tertiary/aromatic N) is 1. The Morgan fingerprint density at radius 3 is 2.57 bits per heavy atom. The van der Waals surface area contributed by atoms with Crippen LogP contribution in [-0.2, 0) is 9.59 Å². The topological polar surface area (TPSA) is 111 Å². The first-order valence-electron chi connectivity index (χ1n) is 9.99. The maximum atomic E-state index is 12.7. The maximum absolute atomic E-state index is 12.7. The zero-order valence-electron chi connectivity index (χ0n) is 16.9. The number of carbonyl (C=O) groups excluding carboxylic acids is 3. The monoisotopic (exact) mass is 458 g/mol. The minimum Gasteiger partial charge on any atom is -0.338 e. The minimum absolute atomic E-state index is 0.146. The van der Waals surface area contributed by atoms with Crippen molar-refractivity contribution in [2.24, 2.45) is 11.8 Å². The maximum Gasteiger partial charge on any atom is 0.319 e. The first-order valence-corrected chi connectivity index (χ1v) is 10.7. The molecular weight excluding hydrogens is 431 g/mol. The van der Waals surface area contributed by atoms with Crippen LogP contribution in [0.2, 0.25) is 10.0 Å². The van der Waals surface area contributed by atoms with Crippen molar-refractivity contribution in [2.75, 3.05) is 25.0 Å². The van der Waals surface area contributed by atoms with E-state index in [1.54, 1.807) is 17.6 Å². The average molecular weight is 459 g/mol. The van der Waals surface area contributed by atoms with Gasteiger partial charge < -0.3 is 15.5 Å². The van der Waals surface area contributed by atoms with Crippen LogP contribution in [0.5, 0.6) is 0 Å². The Bertz CT molecular complexity index is 756. The molecule has 0 aromatic heterocycles. The summed E-state index contributed by atoms with van der Waals surface area (Å²) in [6.45, 7) is 2.43. The molecule has 8 nitrogen and oxygen atoms in total. The predicted molar refractivity (Wildman–Crippen MR) is 116 cm³/mol. The molecule has 2 rings (SSSR count). The molecule has 1 aromatic rings. The molecule has 0 unspecified atom stereocenters. The van der Waals surface area contributed by atoms with Gasteiger partial charge in [0.25, 0.3) is 5.91 Å². The van der Waals surface area contributed by atoms with Crippen LogP contribution in [0, 0.1) is 11.8 Å². The van der Waals surface area contributed by atoms with E-state index in [0.29, 0.717) is 28.2 Å². The van der Waals surface area contributed by atoms with E-state index in [1.807, 2.05) is 6.92 Å². The highest BCUT2D eigenvalue weighted by molar-refractivity contribution is 6.36. The van der Waals surface area contributed by atoms with Gasteiger partial charge in [0.1, 0.15) is 6.54 Å². The molecule has 4 N–H and O–H groups in total. The molecule has 0 saturated heterocycles. The highest BCUT2D eigenvalue weighted by Gasteiger charge is 2.24. The third-order valence-electron chi connectivity index (χ3n) is 5.08. The van der Waals surface area contributed by atoms with E-state index in [9.17, 15) is 14.4 Å². The van der Waals surface area contributed by atoms with Gasteiger partial charge in [-0.25, -0.2) is 10.3 Å². The number of halogens is 2. The van der Waals surface area contributed by atoms with Crippen molar-refractivity contribution in [3.63, 3.8) is 0 Å². The Hall–Kier alpha value is -2.03. The Kier molecular flexibility index (Phi) is 9.68. The quantitative estimate of drug-likeness (QED) is 0.334. The third kappa shape index (κ3) is 8.01. The Morgan fingerprint density at radius 1 is 1.23 bits per heavy atom. The van der Waals surface area contributed by atoms with Crippen molar-refractivity contribution in [3.05, 3.63) is 28.2 Å². The van der Waals surface area contributed by atoms with Gasteiger partial charge in [0.15, 0.2) is 0 Å². The molecule has 1 aliphatic carbocycles. The van der Waals surface area contributed by atoms with E-state index in [2.05, 4.69) is 10.6 Å². The lowest BCUT2D eigenvalue weighted by Gasteiger charge is -2.26. The normalized spacial score (nSPS) is 14.8. The van der Waals surface area contributed by atoms with Crippen LogP contribution in [-0.4, -0.2) is 47.6 Å². The van der Waals surface area contributed by atoms with Crippen LogP contribution in [0.3, 0.4) is 0 Å². The SMILES string of the molecule is C[C@H](CNC(=O)Nc1ccc(Cl)cc1Cl)CC(=O)N(CC(=O)NO)CC1CCCC1. The number of urea groups is 1. The molecule has 0 bridgehead atoms. The van der Waals surface area contributed by atoms with Crippen LogP contribution < -0.4 is 16.1 Å². The zero-order valence-corrected chi connectivity index (χ0v) is 18.4. The van der Waals surface area contributed by atoms with E-state index in [0.717, 1.165) is 25.7 Å². The van der Waals surface area contributed by atoms with Crippen molar-refractivity contribution in [3.8, 4) is 0 Å². The van der Waals surface area contributed by atoms with Crippen molar-refractivity contribution >= 4 is 46.7 Å². The summed E-state index contributed by atoms with van der Waals surface area (Å²) in [6, 6.07) is 4.30. The fourth-order valence-corrected chi connectivity index (χ4v) is 3.95. The number of rotatable bonds is 9. The average Bonchev–Trinajstić information content (AvgIpc) is 3.21. The molecule has 0 heterocycles. The number of carbonyl (C=O) groups is 3. The molecule has 0 radical (unpaired) electrons. The van der Waals surface area contributed by atoms with Crippen molar-refractivity contribution in [1.82, 2.24) is 15.7 Å². The van der Waals surface area contributed by atoms with Gasteiger partial charge in [-0.15, -0.1) is 0 Å². The molecule has 1 aliphatic rings. The van der Waals surface area contributed by atoms with Gasteiger partial charge in [0.05, 0.1) is 10.7 Å². The van der Waals surface area contributed by atoms with Crippen LogP contribution in [0.25, 0.3) is 0 Å². The molecule has 0 spiro atoms. The van der Waals surface area contributed by atoms with Crippen LogP contribution in [0.4, 0.5) is 10.5 Å². The van der Waals surface area contributed by atoms with Gasteiger partial charge in [-0.2, -0.15) is 0 Å². The molecule has 1 fully saturated rings. The third-order valence-corrected chi connectivity index (χ3v) is 5.63. The van der Waals surface area contributed by atoms with E-state index in [1.165, 1.54) is 11.0 Å². The van der Waals surface area contributed by atoms with Crippen molar-refractivity contribution in [1.29, 1.82) is 0 Å². The van der Waals surface area contributed by atoms with E-state index < -0.39 is 11.9 Å². The number of hydroxylamine groups is 1. The summed E-state index contributed by atoms with van der Waals surface area (Å²) in [4.78, 5) is 37.9. The molecule has 1 atom stereocenters. The van der Waals surface area contributed by atoms with E-state index >= 15 is 0 Å². The number of benzene rings is 1. The molecule has 1 aromatic carbocycles. The highest BCUT2D eigenvalue weighted by Crippen LogP contribution is 2.26. The van der Waals surface area contributed by atoms with E-state index in [4.69, 9.17) is 28.4 Å². The highest BCUT2D eigenvalue weighted by atomic mass is 35.5. The summed E-state index contributed by atoms with van der Waals surface area (Å²) >= 11 is 11.9. The van der Waals surface area contributed by atoms with Crippen molar-refractivity contribution < 1.29 is 19.6 Å². The van der Waals surface area contributed by atoms with Gasteiger partial charge in [-0.05, 0) is 42.9 Å². The lowest BCUT2D eigenvalue weighted by atomic mass is 10.0. The zero-order chi connectivity index (χ0) is 22.1. The number of anilines is 1. The standard InChI is InChI=1S/C20H28Cl2N4O4/c1-13(10-23-20(29)24-17-7-6-15(21)9-16(17)22)8-19(28)26(12-18(27)25-30)11-14-4-2-3-5-14/h6-7,9,13-14,30H,2-5,8,10-12H2,1H3,(H,25,27)(H2,23,24,29)/t13-/m0/s1. The van der Waals surface area contributed by atoms with Gasteiger partial charge in [0.2, 0.25) is 5.91 Å². The summed E-state index contributed by atoms with van der Waals surface area (Å²) in [5, 5.41) is 14.9. The first kappa shape index (κ1) is 24.2. The number of amides is 4. The summed E-state index contributed by atoms with van der Waals surface area (Å²) < 4.78 is 0. The second-order valence-electron chi connectivity index (χ2n) is 7.73. The Morgan fingerprint density at radius 2 is 1.93 bits per heavy atom. The molecule has 1 saturated carbocycles. The summed E-state index contributed by atoms with van der Waals surface area (Å²) in [5.41, 5.74) is 2.01.